The molecule has 0 amide bonds. The van der Waals surface area contributed by atoms with Crippen molar-refractivity contribution >= 4 is 36.5 Å². The predicted octanol–water partition coefficient (Wildman–Crippen LogP) is 31.8. The predicted molar refractivity (Wildman–Crippen MR) is 460 cm³/mol. The van der Waals surface area contributed by atoms with Gasteiger partial charge in [0, 0.05) is 16.2 Å². The molecule has 0 bridgehead atoms. The third kappa shape index (κ3) is 16.8. The van der Waals surface area contributed by atoms with Gasteiger partial charge in [0.25, 0.3) is 0 Å². The molecular weight excluding hydrogens is 1260 g/mol. The normalized spacial score (nSPS) is 14.1. The molecule has 3 aliphatic rings. The van der Waals surface area contributed by atoms with Crippen LogP contribution in [0.2, 0.25) is 0 Å². The van der Waals surface area contributed by atoms with E-state index in [9.17, 15) is 0 Å². The molecule has 0 spiro atoms. The average molecular weight is 1380 g/mol. The third-order valence-corrected chi connectivity index (χ3v) is 24.7. The number of fused-ring (bicyclic) bond motifs is 9. The summed E-state index contributed by atoms with van der Waals surface area (Å²) in [6.45, 7) is 14.0. The molecule has 0 aliphatic heterocycles. The van der Waals surface area contributed by atoms with Crippen LogP contribution in [0.4, 0.5) is 0 Å². The van der Waals surface area contributed by atoms with Crippen LogP contribution < -0.4 is 0 Å². The Labute approximate surface area is 634 Å². The molecule has 10 aromatic rings. The smallest absolute Gasteiger partial charge is 0.0215 e. The first-order valence-corrected chi connectivity index (χ1v) is 42.0. The second-order valence-corrected chi connectivity index (χ2v) is 31.8. The quantitative estimate of drug-likeness (QED) is 0.0266. The zero-order valence-corrected chi connectivity index (χ0v) is 65.0. The summed E-state index contributed by atoms with van der Waals surface area (Å²) in [5.41, 5.74) is 33.0. The second kappa shape index (κ2) is 36.1. The maximum Gasteiger partial charge on any atom is 0.0215 e. The van der Waals surface area contributed by atoms with Crippen molar-refractivity contribution in [1.82, 2.24) is 0 Å². The fourth-order valence-corrected chi connectivity index (χ4v) is 18.9. The van der Waals surface area contributed by atoms with Crippen molar-refractivity contribution in [2.24, 2.45) is 0 Å². The summed E-state index contributed by atoms with van der Waals surface area (Å²) in [6, 6.07) is 85.3. The van der Waals surface area contributed by atoms with E-state index < -0.39 is 0 Å². The van der Waals surface area contributed by atoms with Gasteiger partial charge in [0.1, 0.15) is 0 Å². The number of hydrogen-bond acceptors (Lipinski definition) is 0. The van der Waals surface area contributed by atoms with Gasteiger partial charge >= 0.3 is 0 Å². The molecular formula is C105H120. The third-order valence-electron chi connectivity index (χ3n) is 24.7. The minimum Gasteiger partial charge on any atom is -0.0654 e. The molecule has 0 radical (unpaired) electrons. The summed E-state index contributed by atoms with van der Waals surface area (Å²) >= 11 is 0. The molecule has 0 N–H and O–H groups in total. The van der Waals surface area contributed by atoms with Crippen molar-refractivity contribution in [3.05, 3.63) is 285 Å². The van der Waals surface area contributed by atoms with Crippen LogP contribution in [0.15, 0.2) is 218 Å². The lowest BCUT2D eigenvalue weighted by atomic mass is 9.70. The Balaban J connectivity index is 0.795. The Bertz CT molecular complexity index is 4040. The van der Waals surface area contributed by atoms with Gasteiger partial charge in [-0.1, -0.05) is 432 Å². The largest absolute Gasteiger partial charge is 0.0654 e. The van der Waals surface area contributed by atoms with E-state index in [4.69, 9.17) is 0 Å². The molecule has 105 heavy (non-hydrogen) atoms. The lowest BCUT2D eigenvalue weighted by molar-refractivity contribution is 0.401. The van der Waals surface area contributed by atoms with Crippen LogP contribution in [-0.2, 0) is 16.2 Å². The molecule has 540 valence electrons. The van der Waals surface area contributed by atoms with Gasteiger partial charge in [0.05, 0.1) is 0 Å². The van der Waals surface area contributed by atoms with E-state index in [1.54, 1.807) is 33.4 Å². The lowest BCUT2D eigenvalue weighted by Gasteiger charge is -2.33. The van der Waals surface area contributed by atoms with Crippen molar-refractivity contribution in [1.29, 1.82) is 0 Å². The summed E-state index contributed by atoms with van der Waals surface area (Å²) in [5, 5.41) is 0. The molecule has 0 unspecified atom stereocenters. The van der Waals surface area contributed by atoms with E-state index in [1.807, 2.05) is 0 Å². The standard InChI is InChI=1S/C105H120/c1-7-13-19-31-67-103(68-32-20-14-8-2)97-40-28-25-37-91(97)94-64-55-82(73-100(94)103)46-43-79-49-58-85(59-50-79)88-76-89(86-60-51-80(52-61-86)44-47-83-56-65-95-92-38-26-29-41-98(92)104(101(95)74-83,69-33-21-15-9-3)70-34-22-16-10-4)78-90(77-88)87-62-53-81(54-63-87)45-48-84-57-66-96-93-39-27-30-42-99(93)105(102(96)75-84,71-35-23-17-11-5)72-36-24-18-12-6/h25-30,37-66,73-78H,7-24,31-36,67-72H2,1-6H3/b46-43+,47-44+,48-45+. The molecule has 0 heteroatoms. The van der Waals surface area contributed by atoms with Gasteiger partial charge in [0.15, 0.2) is 0 Å². The summed E-state index contributed by atoms with van der Waals surface area (Å²) in [6.07, 6.45) is 52.4. The van der Waals surface area contributed by atoms with Crippen LogP contribution in [0, 0.1) is 0 Å². The van der Waals surface area contributed by atoms with Gasteiger partial charge in [-0.15, -0.1) is 0 Å². The highest BCUT2D eigenvalue weighted by Gasteiger charge is 2.45. The zero-order valence-electron chi connectivity index (χ0n) is 65.0. The first kappa shape index (κ1) is 74.7. The van der Waals surface area contributed by atoms with Crippen LogP contribution in [-0.4, -0.2) is 0 Å². The van der Waals surface area contributed by atoms with Gasteiger partial charge in [-0.05, 0) is 190 Å². The van der Waals surface area contributed by atoms with E-state index in [0.717, 1.165) is 0 Å². The highest BCUT2D eigenvalue weighted by molar-refractivity contribution is 5.88. The number of hydrogen-bond donors (Lipinski definition) is 0. The van der Waals surface area contributed by atoms with E-state index >= 15 is 0 Å². The molecule has 0 fully saturated rings. The van der Waals surface area contributed by atoms with Gasteiger partial charge in [-0.3, -0.25) is 0 Å². The van der Waals surface area contributed by atoms with E-state index in [2.05, 4.69) is 296 Å². The Morgan fingerprint density at radius 3 is 0.629 bits per heavy atom. The van der Waals surface area contributed by atoms with Crippen molar-refractivity contribution in [3.63, 3.8) is 0 Å². The Kier molecular flexibility index (Phi) is 25.7. The molecule has 0 atom stereocenters. The number of benzene rings is 10. The van der Waals surface area contributed by atoms with Gasteiger partial charge in [-0.25, -0.2) is 0 Å². The van der Waals surface area contributed by atoms with Gasteiger partial charge in [-0.2, -0.15) is 0 Å². The van der Waals surface area contributed by atoms with Crippen molar-refractivity contribution in [3.8, 4) is 66.8 Å². The maximum atomic E-state index is 2.56. The zero-order chi connectivity index (χ0) is 72.3. The minimum atomic E-state index is 0.0719. The highest BCUT2D eigenvalue weighted by atomic mass is 14.5. The fraction of sp³-hybridized carbons (Fsp3) is 0.371. The molecule has 0 saturated heterocycles. The van der Waals surface area contributed by atoms with Crippen LogP contribution in [0.5, 0.6) is 0 Å². The van der Waals surface area contributed by atoms with E-state index in [1.165, 1.54) is 293 Å². The van der Waals surface area contributed by atoms with E-state index in [-0.39, 0.29) is 16.2 Å². The van der Waals surface area contributed by atoms with Crippen LogP contribution in [0.3, 0.4) is 0 Å². The first-order valence-electron chi connectivity index (χ1n) is 42.0. The fourth-order valence-electron chi connectivity index (χ4n) is 18.9. The summed E-state index contributed by atoms with van der Waals surface area (Å²) in [4.78, 5) is 0. The summed E-state index contributed by atoms with van der Waals surface area (Å²) < 4.78 is 0. The topological polar surface area (TPSA) is 0 Å². The summed E-state index contributed by atoms with van der Waals surface area (Å²) in [7, 11) is 0. The highest BCUT2D eigenvalue weighted by Crippen LogP contribution is 2.58. The van der Waals surface area contributed by atoms with Crippen molar-refractivity contribution in [2.45, 2.75) is 250 Å². The second-order valence-electron chi connectivity index (χ2n) is 31.8. The molecule has 0 aromatic heterocycles. The van der Waals surface area contributed by atoms with Gasteiger partial charge in [0.2, 0.25) is 0 Å². The van der Waals surface area contributed by atoms with E-state index in [0.29, 0.717) is 0 Å². The summed E-state index contributed by atoms with van der Waals surface area (Å²) in [5.74, 6) is 0. The monoisotopic (exact) mass is 1380 g/mol. The molecule has 3 aliphatic carbocycles. The molecule has 10 aromatic carbocycles. The SMILES string of the molecule is CCCCCCC1(CCCCCC)c2ccccc2-c2ccc(/C=C/c3ccc(-c4cc(-c5ccc(/C=C/c6ccc7c(c6)C(CCCCCC)(CCCCCC)c6ccccc6-7)cc5)cc(-c5ccc(/C=C/c6ccc7c(c6)C(CCCCCC)(CCCCCC)c6ccccc6-7)cc5)c4)cc3)cc21. The number of rotatable bonds is 39. The van der Waals surface area contributed by atoms with Crippen LogP contribution in [0.1, 0.15) is 301 Å². The molecule has 0 nitrogen and oxygen atoms in total. The minimum absolute atomic E-state index is 0.0719. The molecule has 0 saturated carbocycles. The van der Waals surface area contributed by atoms with Crippen LogP contribution >= 0.6 is 0 Å². The lowest BCUT2D eigenvalue weighted by Crippen LogP contribution is -2.25. The Morgan fingerprint density at radius 2 is 0.390 bits per heavy atom. The Hall–Kier alpha value is -8.58. The molecule has 13 rings (SSSR count). The number of unbranched alkanes of at least 4 members (excludes halogenated alkanes) is 18. The van der Waals surface area contributed by atoms with Crippen molar-refractivity contribution in [2.75, 3.05) is 0 Å². The van der Waals surface area contributed by atoms with Gasteiger partial charge < -0.3 is 0 Å². The first-order chi connectivity index (χ1) is 51.7. The Morgan fingerprint density at radius 1 is 0.181 bits per heavy atom. The average Bonchev–Trinajstić information content (AvgIpc) is 1.60. The molecule has 0 heterocycles. The maximum absolute atomic E-state index is 2.56. The van der Waals surface area contributed by atoms with Crippen LogP contribution in [0.25, 0.3) is 103 Å². The van der Waals surface area contributed by atoms with Crippen molar-refractivity contribution < 1.29 is 0 Å².